The molecule has 1 unspecified atom stereocenters. The van der Waals surface area contributed by atoms with Crippen LogP contribution in [0.25, 0.3) is 11.3 Å². The van der Waals surface area contributed by atoms with Crippen LogP contribution in [0.5, 0.6) is 5.75 Å². The van der Waals surface area contributed by atoms with E-state index in [4.69, 9.17) is 4.74 Å². The van der Waals surface area contributed by atoms with Gasteiger partial charge in [-0.15, -0.1) is 0 Å². The maximum Gasteiger partial charge on any atom is 0.120 e. The molecule has 0 heterocycles. The van der Waals surface area contributed by atoms with Gasteiger partial charge in [0.15, 0.2) is 0 Å². The Hall–Kier alpha value is -2.48. The summed E-state index contributed by atoms with van der Waals surface area (Å²) in [6.45, 7) is 28.1. The van der Waals surface area contributed by atoms with E-state index in [2.05, 4.69) is 90.9 Å². The Balaban J connectivity index is 3.07. The lowest BCUT2D eigenvalue weighted by atomic mass is 9.99. The lowest BCUT2D eigenvalue weighted by Gasteiger charge is -2.21. The molecule has 0 bridgehead atoms. The Kier molecular flexibility index (Phi) is 11.9. The van der Waals surface area contributed by atoms with Crippen molar-refractivity contribution < 1.29 is 4.74 Å². The molecular weight excluding hydrogens is 390 g/mol. The number of nitrogens with one attached hydrogen (secondary N) is 1. The smallest absolute Gasteiger partial charge is 0.120 e. The van der Waals surface area contributed by atoms with Crippen molar-refractivity contribution in [2.24, 2.45) is 5.92 Å². The zero-order valence-electron chi connectivity index (χ0n) is 21.6. The minimum atomic E-state index is 0.160. The van der Waals surface area contributed by atoms with Gasteiger partial charge in [-0.3, -0.25) is 0 Å². The first-order valence-corrected chi connectivity index (χ1v) is 12.0. The maximum absolute atomic E-state index is 6.27. The van der Waals surface area contributed by atoms with Gasteiger partial charge in [0.25, 0.3) is 0 Å². The van der Waals surface area contributed by atoms with Crippen LogP contribution in [0.1, 0.15) is 85.3 Å². The first-order chi connectivity index (χ1) is 15.1. The Bertz CT molecular complexity index is 850. The fourth-order valence-corrected chi connectivity index (χ4v) is 3.75. The Morgan fingerprint density at radius 1 is 1.00 bits per heavy atom. The summed E-state index contributed by atoms with van der Waals surface area (Å²) >= 11 is 0. The van der Waals surface area contributed by atoms with Crippen LogP contribution in [-0.2, 0) is 0 Å². The summed E-state index contributed by atoms with van der Waals surface area (Å²) in [5.41, 5.74) is 7.72. The first-order valence-electron chi connectivity index (χ1n) is 12.0. The lowest BCUT2D eigenvalue weighted by molar-refractivity contribution is 0.229. The van der Waals surface area contributed by atoms with Gasteiger partial charge in [-0.2, -0.15) is 0 Å². The van der Waals surface area contributed by atoms with E-state index in [1.807, 2.05) is 13.0 Å². The molecule has 1 rings (SSSR count). The number of allylic oxidation sites excluding steroid dienone is 5. The summed E-state index contributed by atoms with van der Waals surface area (Å²) < 4.78 is 6.27. The van der Waals surface area contributed by atoms with E-state index in [9.17, 15) is 0 Å². The summed E-state index contributed by atoms with van der Waals surface area (Å²) in [5, 5.41) is 3.57. The summed E-state index contributed by atoms with van der Waals surface area (Å²) in [6, 6.07) is 6.49. The summed E-state index contributed by atoms with van der Waals surface area (Å²) in [6.07, 6.45) is 8.84. The van der Waals surface area contributed by atoms with Gasteiger partial charge in [0.05, 0.1) is 6.61 Å². The van der Waals surface area contributed by atoms with Crippen LogP contribution >= 0.6 is 0 Å². The van der Waals surface area contributed by atoms with Crippen molar-refractivity contribution in [1.82, 2.24) is 5.32 Å². The molecular formula is C30H45NO. The third-order valence-corrected chi connectivity index (χ3v) is 6.06. The van der Waals surface area contributed by atoms with Gasteiger partial charge < -0.3 is 10.1 Å². The van der Waals surface area contributed by atoms with E-state index in [1.54, 1.807) is 0 Å². The highest BCUT2D eigenvalue weighted by Crippen LogP contribution is 2.27. The highest BCUT2D eigenvalue weighted by Gasteiger charge is 2.13. The third kappa shape index (κ3) is 8.94. The number of ether oxygens (including phenoxy) is 1. The highest BCUT2D eigenvalue weighted by molar-refractivity contribution is 5.71. The zero-order valence-corrected chi connectivity index (χ0v) is 21.6. The molecule has 0 saturated heterocycles. The van der Waals surface area contributed by atoms with Crippen LogP contribution in [0.2, 0.25) is 0 Å². The van der Waals surface area contributed by atoms with Crippen LogP contribution < -0.4 is 10.1 Å². The number of rotatable bonds is 14. The lowest BCUT2D eigenvalue weighted by Crippen LogP contribution is -2.26. The molecule has 2 heteroatoms. The highest BCUT2D eigenvalue weighted by atomic mass is 16.5. The Morgan fingerprint density at radius 3 is 2.12 bits per heavy atom. The molecule has 0 radical (unpaired) electrons. The second-order valence-electron chi connectivity index (χ2n) is 9.08. The van der Waals surface area contributed by atoms with Crippen molar-refractivity contribution in [2.45, 2.75) is 80.2 Å². The molecule has 0 fully saturated rings. The standard InChI is InChI=1S/C30H45NO/c1-11-14-27(15-12-2)20-32-30-18-28(21(4)5)17-29(19-30)26(10)31-25(9)24(8)23(7)16-22(6)13-3/h13,16-19,25,27,31H,3-4,10-12,14-15,20H2,1-2,5-9H3/b22-16-,24-23+. The van der Waals surface area contributed by atoms with E-state index in [0.29, 0.717) is 5.92 Å². The van der Waals surface area contributed by atoms with Gasteiger partial charge in [-0.05, 0) is 88.3 Å². The van der Waals surface area contributed by atoms with E-state index < -0.39 is 0 Å². The predicted octanol–water partition coefficient (Wildman–Crippen LogP) is 8.73. The average molecular weight is 436 g/mol. The summed E-state index contributed by atoms with van der Waals surface area (Å²) in [4.78, 5) is 0. The molecule has 0 spiro atoms. The van der Waals surface area contributed by atoms with Crippen molar-refractivity contribution in [3.8, 4) is 5.75 Å². The molecule has 0 aliphatic carbocycles. The molecule has 1 N–H and O–H groups in total. The summed E-state index contributed by atoms with van der Waals surface area (Å²) in [5.74, 6) is 1.49. The van der Waals surface area contributed by atoms with Gasteiger partial charge in [-0.25, -0.2) is 0 Å². The molecule has 0 amide bonds. The fourth-order valence-electron chi connectivity index (χ4n) is 3.75. The SMILES string of the molecule is C=C/C(C)=C\C(C)=C(/C)C(C)NC(=C)c1cc(OCC(CCC)CCC)cc(C(=C)C)c1. The quantitative estimate of drug-likeness (QED) is 0.295. The molecule has 0 aliphatic heterocycles. The van der Waals surface area contributed by atoms with Gasteiger partial charge in [-0.1, -0.05) is 69.7 Å². The molecule has 1 aromatic carbocycles. The van der Waals surface area contributed by atoms with Crippen LogP contribution in [-0.4, -0.2) is 12.6 Å². The van der Waals surface area contributed by atoms with Crippen LogP contribution in [0.15, 0.2) is 66.8 Å². The monoisotopic (exact) mass is 435 g/mol. The normalized spacial score (nSPS) is 13.4. The van der Waals surface area contributed by atoms with E-state index >= 15 is 0 Å². The predicted molar refractivity (Wildman–Crippen MR) is 144 cm³/mol. The van der Waals surface area contributed by atoms with Crippen molar-refractivity contribution in [3.63, 3.8) is 0 Å². The minimum Gasteiger partial charge on any atom is -0.493 e. The third-order valence-electron chi connectivity index (χ3n) is 6.06. The van der Waals surface area contributed by atoms with Crippen LogP contribution in [0.4, 0.5) is 0 Å². The molecule has 0 aliphatic rings. The molecule has 1 aromatic rings. The van der Waals surface area contributed by atoms with Crippen molar-refractivity contribution in [3.05, 3.63) is 77.9 Å². The fraction of sp³-hybridized carbons (Fsp3) is 0.467. The molecule has 0 saturated carbocycles. The van der Waals surface area contributed by atoms with Gasteiger partial charge in [0, 0.05) is 17.3 Å². The van der Waals surface area contributed by atoms with Crippen molar-refractivity contribution in [2.75, 3.05) is 6.61 Å². The van der Waals surface area contributed by atoms with E-state index in [-0.39, 0.29) is 6.04 Å². The zero-order chi connectivity index (χ0) is 24.3. The number of hydrogen-bond acceptors (Lipinski definition) is 2. The van der Waals surface area contributed by atoms with Crippen molar-refractivity contribution in [1.29, 1.82) is 0 Å². The molecule has 32 heavy (non-hydrogen) atoms. The molecule has 1 atom stereocenters. The van der Waals surface area contributed by atoms with E-state index in [1.165, 1.54) is 36.8 Å². The first kappa shape index (κ1) is 27.6. The van der Waals surface area contributed by atoms with Crippen LogP contribution in [0.3, 0.4) is 0 Å². The van der Waals surface area contributed by atoms with Gasteiger partial charge >= 0.3 is 0 Å². The molecule has 176 valence electrons. The number of hydrogen-bond donors (Lipinski definition) is 1. The van der Waals surface area contributed by atoms with Gasteiger partial charge in [0.1, 0.15) is 5.75 Å². The minimum absolute atomic E-state index is 0.160. The topological polar surface area (TPSA) is 21.3 Å². The second-order valence-corrected chi connectivity index (χ2v) is 9.08. The Labute approximate surface area is 197 Å². The van der Waals surface area contributed by atoms with E-state index in [0.717, 1.165) is 40.3 Å². The summed E-state index contributed by atoms with van der Waals surface area (Å²) in [7, 11) is 0. The second kappa shape index (κ2) is 13.8. The maximum atomic E-state index is 6.27. The largest absolute Gasteiger partial charge is 0.493 e. The molecule has 2 nitrogen and oxygen atoms in total. The van der Waals surface area contributed by atoms with Gasteiger partial charge in [0.2, 0.25) is 0 Å². The Morgan fingerprint density at radius 2 is 1.59 bits per heavy atom. The average Bonchev–Trinajstić information content (AvgIpc) is 2.76. The van der Waals surface area contributed by atoms with Crippen molar-refractivity contribution >= 4 is 11.3 Å². The molecule has 0 aromatic heterocycles. The number of benzene rings is 1. The van der Waals surface area contributed by atoms with Crippen LogP contribution in [0, 0.1) is 5.92 Å².